The van der Waals surface area contributed by atoms with Crippen molar-refractivity contribution in [2.75, 3.05) is 31.7 Å². The van der Waals surface area contributed by atoms with Gasteiger partial charge in [-0.3, -0.25) is 9.36 Å². The number of pyridine rings is 1. The number of nitrogens with zero attached hydrogens (tertiary/aromatic N) is 4. The molecule has 168 valence electrons. The smallest absolute Gasteiger partial charge is 0.261 e. The summed E-state index contributed by atoms with van der Waals surface area (Å²) in [7, 11) is 1.63. The number of rotatable bonds is 4. The van der Waals surface area contributed by atoms with E-state index in [1.165, 1.54) is 6.07 Å². The summed E-state index contributed by atoms with van der Waals surface area (Å²) < 4.78 is 27.9. The van der Waals surface area contributed by atoms with Crippen molar-refractivity contribution in [3.8, 4) is 11.3 Å². The lowest BCUT2D eigenvalue weighted by Gasteiger charge is -2.37. The van der Waals surface area contributed by atoms with Crippen molar-refractivity contribution in [1.29, 1.82) is 0 Å². The zero-order valence-electron chi connectivity index (χ0n) is 18.0. The largest absolute Gasteiger partial charge is 0.382 e. The Bertz CT molecular complexity index is 1250. The molecule has 3 aromatic rings. The van der Waals surface area contributed by atoms with Crippen LogP contribution in [0, 0.1) is 5.82 Å². The van der Waals surface area contributed by atoms with Crippen LogP contribution in [-0.2, 0) is 22.4 Å². The molecule has 0 spiro atoms. The number of fused-ring (bicyclic) bond motifs is 2. The van der Waals surface area contributed by atoms with E-state index >= 15 is 0 Å². The summed E-state index contributed by atoms with van der Waals surface area (Å²) in [6.45, 7) is 4.23. The van der Waals surface area contributed by atoms with Gasteiger partial charge in [0.15, 0.2) is 0 Å². The molecule has 0 saturated carbocycles. The summed E-state index contributed by atoms with van der Waals surface area (Å²) in [5, 5.41) is 0.734. The van der Waals surface area contributed by atoms with Gasteiger partial charge in [0.2, 0.25) is 0 Å². The summed E-state index contributed by atoms with van der Waals surface area (Å²) in [5.41, 5.74) is 0.923. The van der Waals surface area contributed by atoms with Gasteiger partial charge >= 0.3 is 0 Å². The first kappa shape index (κ1) is 21.3. The Morgan fingerprint density at radius 2 is 2.12 bits per heavy atom. The van der Waals surface area contributed by atoms with Gasteiger partial charge in [0.1, 0.15) is 28.7 Å². The molecule has 2 aromatic heterocycles. The Labute approximate surface area is 189 Å². The van der Waals surface area contributed by atoms with Gasteiger partial charge in [-0.15, -0.1) is 0 Å². The van der Waals surface area contributed by atoms with Gasteiger partial charge in [-0.2, -0.15) is 0 Å². The molecule has 2 atom stereocenters. The van der Waals surface area contributed by atoms with E-state index in [1.54, 1.807) is 29.9 Å². The lowest BCUT2D eigenvalue weighted by molar-refractivity contribution is -0.0512. The van der Waals surface area contributed by atoms with Gasteiger partial charge in [-0.1, -0.05) is 11.6 Å². The first-order valence-electron chi connectivity index (χ1n) is 10.7. The summed E-state index contributed by atoms with van der Waals surface area (Å²) >= 11 is 5.98. The van der Waals surface area contributed by atoms with Gasteiger partial charge in [-0.25, -0.2) is 14.4 Å². The van der Waals surface area contributed by atoms with E-state index < -0.39 is 5.82 Å². The number of ether oxygens (including phenoxy) is 2. The number of aromatic nitrogens is 3. The van der Waals surface area contributed by atoms with Crippen molar-refractivity contribution in [2.24, 2.45) is 0 Å². The van der Waals surface area contributed by atoms with E-state index in [4.69, 9.17) is 31.0 Å². The maximum atomic E-state index is 15.0. The van der Waals surface area contributed by atoms with Crippen LogP contribution in [0.4, 0.5) is 10.2 Å². The molecule has 0 N–H and O–H groups in total. The summed E-state index contributed by atoms with van der Waals surface area (Å²) in [5.74, 6) is 0.807. The highest BCUT2D eigenvalue weighted by Gasteiger charge is 2.28. The van der Waals surface area contributed by atoms with Crippen molar-refractivity contribution in [3.63, 3.8) is 0 Å². The Morgan fingerprint density at radius 3 is 2.91 bits per heavy atom. The molecular formula is C23H24ClFN4O3. The Kier molecular flexibility index (Phi) is 5.61. The number of anilines is 1. The van der Waals surface area contributed by atoms with E-state index in [1.807, 2.05) is 6.92 Å². The zero-order chi connectivity index (χ0) is 22.4. The highest BCUT2D eigenvalue weighted by atomic mass is 35.5. The number of methoxy groups -OCH3 is 1. The van der Waals surface area contributed by atoms with Gasteiger partial charge in [0.25, 0.3) is 5.56 Å². The number of aryl methyl sites for hydroxylation is 1. The average molecular weight is 459 g/mol. The Morgan fingerprint density at radius 1 is 1.28 bits per heavy atom. The van der Waals surface area contributed by atoms with Crippen molar-refractivity contribution in [2.45, 2.75) is 38.5 Å². The van der Waals surface area contributed by atoms with Crippen molar-refractivity contribution in [3.05, 3.63) is 51.3 Å². The maximum Gasteiger partial charge on any atom is 0.261 e. The zero-order valence-corrected chi connectivity index (χ0v) is 18.7. The number of halogens is 2. The molecule has 9 heteroatoms. The van der Waals surface area contributed by atoms with Crippen molar-refractivity contribution >= 4 is 28.3 Å². The third kappa shape index (κ3) is 3.76. The molecule has 0 radical (unpaired) electrons. The summed E-state index contributed by atoms with van der Waals surface area (Å²) in [4.78, 5) is 24.9. The molecule has 5 rings (SSSR count). The molecular weight excluding hydrogens is 435 g/mol. The van der Waals surface area contributed by atoms with Crippen LogP contribution in [0.15, 0.2) is 29.1 Å². The average Bonchev–Trinajstić information content (AvgIpc) is 3.22. The van der Waals surface area contributed by atoms with Gasteiger partial charge in [-0.05, 0) is 37.6 Å². The van der Waals surface area contributed by atoms with Crippen LogP contribution >= 0.6 is 11.6 Å². The van der Waals surface area contributed by atoms with Crippen molar-refractivity contribution in [1.82, 2.24) is 14.5 Å². The van der Waals surface area contributed by atoms with Gasteiger partial charge in [0, 0.05) is 43.8 Å². The topological polar surface area (TPSA) is 69.5 Å². The summed E-state index contributed by atoms with van der Waals surface area (Å²) in [6, 6.07) is 6.23. The molecule has 32 heavy (non-hydrogen) atoms. The van der Waals surface area contributed by atoms with E-state index in [-0.39, 0.29) is 23.3 Å². The van der Waals surface area contributed by atoms with Crippen LogP contribution in [0.5, 0.6) is 0 Å². The van der Waals surface area contributed by atoms with Gasteiger partial charge in [0.05, 0.1) is 24.2 Å². The predicted octanol–water partition coefficient (Wildman–Crippen LogP) is 3.44. The predicted molar refractivity (Wildman–Crippen MR) is 121 cm³/mol. The van der Waals surface area contributed by atoms with Crippen LogP contribution in [0.2, 0.25) is 5.02 Å². The second-order valence-electron chi connectivity index (χ2n) is 8.37. The number of hydrogen-bond donors (Lipinski definition) is 0. The quantitative estimate of drug-likeness (QED) is 0.596. The molecule has 1 fully saturated rings. The van der Waals surface area contributed by atoms with E-state index in [9.17, 15) is 9.18 Å². The lowest BCUT2D eigenvalue weighted by atomic mass is 10.1. The fourth-order valence-electron chi connectivity index (χ4n) is 4.61. The fraction of sp³-hybridized carbons (Fsp3) is 0.435. The SMILES string of the molecule is COCC1CN(c2cc3c(=O)n4c(nc3c(-c3ccc(Cl)cc3F)n2)CCC4)CC(C)O1. The van der Waals surface area contributed by atoms with Gasteiger partial charge < -0.3 is 14.4 Å². The van der Waals surface area contributed by atoms with Crippen LogP contribution < -0.4 is 10.5 Å². The van der Waals surface area contributed by atoms with Crippen LogP contribution in [-0.4, -0.2) is 53.5 Å². The lowest BCUT2D eigenvalue weighted by Crippen LogP contribution is -2.48. The first-order chi connectivity index (χ1) is 15.4. The minimum atomic E-state index is -0.501. The maximum absolute atomic E-state index is 15.0. The van der Waals surface area contributed by atoms with E-state index in [0.717, 1.165) is 12.8 Å². The summed E-state index contributed by atoms with van der Waals surface area (Å²) in [6.07, 6.45) is 1.41. The highest BCUT2D eigenvalue weighted by molar-refractivity contribution is 6.30. The third-order valence-electron chi connectivity index (χ3n) is 5.98. The van der Waals surface area contributed by atoms with Crippen LogP contribution in [0.3, 0.4) is 0 Å². The molecule has 0 amide bonds. The molecule has 7 nitrogen and oxygen atoms in total. The Hall–Kier alpha value is -2.55. The number of morpholine rings is 1. The second-order valence-corrected chi connectivity index (χ2v) is 8.80. The minimum absolute atomic E-state index is 0.0450. The van der Waals surface area contributed by atoms with E-state index in [0.29, 0.717) is 59.5 Å². The number of hydrogen-bond acceptors (Lipinski definition) is 6. The normalized spacial score (nSPS) is 20.7. The van der Waals surface area contributed by atoms with Crippen LogP contribution in [0.25, 0.3) is 22.2 Å². The standard InChI is InChI=1S/C23H24ClFN4O3/c1-13-10-28(11-15(32-13)12-31-2)20-9-17-22(26-19-4-3-7-29(19)23(17)30)21(27-20)16-6-5-14(24)8-18(16)25/h5-6,8-9,13,15H,3-4,7,10-12H2,1-2H3. The van der Waals surface area contributed by atoms with Crippen LogP contribution in [0.1, 0.15) is 19.2 Å². The Balaban J connectivity index is 1.72. The first-order valence-corrected chi connectivity index (χ1v) is 11.1. The fourth-order valence-corrected chi connectivity index (χ4v) is 4.77. The molecule has 1 aromatic carbocycles. The van der Waals surface area contributed by atoms with E-state index in [2.05, 4.69) is 4.90 Å². The molecule has 0 bridgehead atoms. The monoisotopic (exact) mass is 458 g/mol. The molecule has 0 aliphatic carbocycles. The van der Waals surface area contributed by atoms with Crippen molar-refractivity contribution < 1.29 is 13.9 Å². The molecule has 2 aliphatic heterocycles. The molecule has 4 heterocycles. The third-order valence-corrected chi connectivity index (χ3v) is 6.21. The molecule has 2 unspecified atom stereocenters. The second kappa shape index (κ2) is 8.42. The molecule has 2 aliphatic rings. The number of benzene rings is 1. The molecule has 1 saturated heterocycles. The highest BCUT2D eigenvalue weighted by Crippen LogP contribution is 2.32. The minimum Gasteiger partial charge on any atom is -0.382 e.